The van der Waals surface area contributed by atoms with E-state index >= 15 is 0 Å². The van der Waals surface area contributed by atoms with Crippen molar-refractivity contribution in [1.82, 2.24) is 9.97 Å². The van der Waals surface area contributed by atoms with Gasteiger partial charge in [0.25, 0.3) is 5.91 Å². The van der Waals surface area contributed by atoms with E-state index in [1.54, 1.807) is 36.3 Å². The summed E-state index contributed by atoms with van der Waals surface area (Å²) in [5, 5.41) is 13.3. The van der Waals surface area contributed by atoms with Crippen LogP contribution in [-0.4, -0.2) is 32.8 Å². The summed E-state index contributed by atoms with van der Waals surface area (Å²) >= 11 is 1.66. The number of hydrogen-bond acceptors (Lipinski definition) is 7. The summed E-state index contributed by atoms with van der Waals surface area (Å²) in [6, 6.07) is 24.7. The maximum Gasteiger partial charge on any atom is 0.257 e. The number of rotatable bonds is 8. The Morgan fingerprint density at radius 2 is 1.74 bits per heavy atom. The minimum absolute atomic E-state index is 0.000105. The molecule has 8 heteroatoms. The predicted octanol–water partition coefficient (Wildman–Crippen LogP) is 5.80. The number of carbonyl (C=O) groups is 1. The number of benzene rings is 2. The van der Waals surface area contributed by atoms with E-state index in [2.05, 4.69) is 22.2 Å². The molecule has 0 aliphatic carbocycles. The van der Waals surface area contributed by atoms with E-state index in [9.17, 15) is 9.90 Å². The number of aromatic nitrogens is 2. The lowest BCUT2D eigenvalue weighted by atomic mass is 9.91. The van der Waals surface area contributed by atoms with E-state index in [0.29, 0.717) is 11.3 Å². The number of thioether (sulfide) groups is 1. The first-order valence-corrected chi connectivity index (χ1v) is 13.4. The van der Waals surface area contributed by atoms with Crippen molar-refractivity contribution in [3.8, 4) is 0 Å². The topological polar surface area (TPSA) is 93.6 Å². The highest BCUT2D eigenvalue weighted by atomic mass is 32.2. The number of nitrogens with zero attached hydrogens (tertiary/aromatic N) is 2. The van der Waals surface area contributed by atoms with Gasteiger partial charge in [-0.1, -0.05) is 49.4 Å². The van der Waals surface area contributed by atoms with Crippen LogP contribution >= 0.6 is 11.8 Å². The third kappa shape index (κ3) is 6.28. The second kappa shape index (κ2) is 12.3. The zero-order chi connectivity index (χ0) is 26.3. The monoisotopic (exact) mass is 527 g/mol. The lowest BCUT2D eigenvalue weighted by Crippen LogP contribution is -2.38. The molecule has 3 heterocycles. The molecule has 2 N–H and O–H groups in total. The van der Waals surface area contributed by atoms with Gasteiger partial charge in [-0.3, -0.25) is 9.78 Å². The van der Waals surface area contributed by atoms with E-state index in [1.807, 2.05) is 66.7 Å². The predicted molar refractivity (Wildman–Crippen MR) is 147 cm³/mol. The Balaban J connectivity index is 1.34. The average molecular weight is 528 g/mol. The summed E-state index contributed by atoms with van der Waals surface area (Å²) in [6.45, 7) is 2.14. The number of carbonyl (C=O) groups excluding carboxylic acids is 1. The maximum atomic E-state index is 12.5. The number of nitrogens with one attached hydrogen (secondary N) is 1. The third-order valence-corrected chi connectivity index (χ3v) is 7.55. The second-order valence-electron chi connectivity index (χ2n) is 9.12. The molecule has 0 saturated carbocycles. The summed E-state index contributed by atoms with van der Waals surface area (Å²) in [7, 11) is 0. The third-order valence-electron chi connectivity index (χ3n) is 6.52. The molecule has 38 heavy (non-hydrogen) atoms. The summed E-state index contributed by atoms with van der Waals surface area (Å²) in [5.74, 6) is 0.589. The van der Waals surface area contributed by atoms with Crippen LogP contribution in [0, 0.1) is 5.92 Å². The molecule has 0 bridgehead atoms. The summed E-state index contributed by atoms with van der Waals surface area (Å²) in [5.41, 5.74) is 3.92. The minimum Gasteiger partial charge on any atom is -0.392 e. The molecule has 4 aromatic rings. The number of anilines is 1. The van der Waals surface area contributed by atoms with Gasteiger partial charge in [-0.25, -0.2) is 4.98 Å². The molecule has 1 fully saturated rings. The Bertz CT molecular complexity index is 1320. The Kier molecular flexibility index (Phi) is 8.45. The Morgan fingerprint density at radius 1 is 0.947 bits per heavy atom. The van der Waals surface area contributed by atoms with Gasteiger partial charge in [0.2, 0.25) is 0 Å². The van der Waals surface area contributed by atoms with Gasteiger partial charge in [0.1, 0.15) is 0 Å². The van der Waals surface area contributed by atoms with Crippen molar-refractivity contribution in [3.05, 3.63) is 120 Å². The Hall–Kier alpha value is -3.56. The molecule has 0 spiro atoms. The zero-order valence-electron chi connectivity index (χ0n) is 20.9. The van der Waals surface area contributed by atoms with Crippen LogP contribution in [0.1, 0.15) is 46.4 Å². The first-order chi connectivity index (χ1) is 18.6. The van der Waals surface area contributed by atoms with Crippen molar-refractivity contribution in [1.29, 1.82) is 0 Å². The SMILES string of the molecule is C[C@@H]1[C@H](CSc2ccccn2)O[C@H](c2ccc(NC(=O)c3cccnc3)cc2)O[C@@H]1c1ccc(CO)cc1. The fourth-order valence-electron chi connectivity index (χ4n) is 4.33. The molecule has 2 aromatic heterocycles. The molecule has 2 aromatic carbocycles. The van der Waals surface area contributed by atoms with Gasteiger partial charge >= 0.3 is 0 Å². The van der Waals surface area contributed by atoms with E-state index in [-0.39, 0.29) is 30.6 Å². The number of aliphatic hydroxyl groups is 1. The highest BCUT2D eigenvalue weighted by molar-refractivity contribution is 7.99. The molecule has 1 aliphatic heterocycles. The van der Waals surface area contributed by atoms with Gasteiger partial charge in [0, 0.05) is 41.5 Å². The van der Waals surface area contributed by atoms with Crippen LogP contribution in [0.3, 0.4) is 0 Å². The van der Waals surface area contributed by atoms with Gasteiger partial charge < -0.3 is 19.9 Å². The van der Waals surface area contributed by atoms with E-state index in [0.717, 1.165) is 27.5 Å². The fourth-order valence-corrected chi connectivity index (χ4v) is 5.36. The average Bonchev–Trinajstić information content (AvgIpc) is 2.98. The van der Waals surface area contributed by atoms with Crippen molar-refractivity contribution in [2.24, 2.45) is 5.92 Å². The molecule has 0 unspecified atom stereocenters. The molecule has 5 rings (SSSR count). The Labute approximate surface area is 226 Å². The number of ether oxygens (including phenoxy) is 2. The zero-order valence-corrected chi connectivity index (χ0v) is 21.8. The number of aliphatic hydroxyl groups excluding tert-OH is 1. The summed E-state index contributed by atoms with van der Waals surface area (Å²) < 4.78 is 13.0. The van der Waals surface area contributed by atoms with Gasteiger partial charge in [-0.05, 0) is 47.5 Å². The molecule has 1 aliphatic rings. The van der Waals surface area contributed by atoms with Gasteiger partial charge in [0.15, 0.2) is 6.29 Å². The van der Waals surface area contributed by atoms with Crippen molar-refractivity contribution < 1.29 is 19.4 Å². The van der Waals surface area contributed by atoms with Crippen molar-refractivity contribution in [2.75, 3.05) is 11.1 Å². The number of pyridine rings is 2. The highest BCUT2D eigenvalue weighted by Crippen LogP contribution is 2.43. The normalized spacial score (nSPS) is 21.1. The lowest BCUT2D eigenvalue weighted by molar-refractivity contribution is -0.268. The fraction of sp³-hybridized carbons (Fsp3) is 0.233. The van der Waals surface area contributed by atoms with Crippen molar-refractivity contribution in [3.63, 3.8) is 0 Å². The second-order valence-corrected chi connectivity index (χ2v) is 10.2. The van der Waals surface area contributed by atoms with Crippen LogP contribution in [0.25, 0.3) is 0 Å². The van der Waals surface area contributed by atoms with E-state index in [1.165, 1.54) is 6.20 Å². The Morgan fingerprint density at radius 3 is 2.42 bits per heavy atom. The quantitative estimate of drug-likeness (QED) is 0.280. The van der Waals surface area contributed by atoms with Crippen LogP contribution in [-0.2, 0) is 16.1 Å². The summed E-state index contributed by atoms with van der Waals surface area (Å²) in [4.78, 5) is 20.9. The van der Waals surface area contributed by atoms with Crippen LogP contribution in [0.15, 0.2) is 102 Å². The minimum atomic E-state index is -0.578. The van der Waals surface area contributed by atoms with Crippen molar-refractivity contribution in [2.45, 2.75) is 37.1 Å². The molecule has 4 atom stereocenters. The van der Waals surface area contributed by atoms with Gasteiger partial charge in [-0.2, -0.15) is 0 Å². The lowest BCUT2D eigenvalue weighted by Gasteiger charge is -2.41. The van der Waals surface area contributed by atoms with E-state index in [4.69, 9.17) is 9.47 Å². The van der Waals surface area contributed by atoms with Crippen LogP contribution in [0.4, 0.5) is 5.69 Å². The molecule has 194 valence electrons. The maximum absolute atomic E-state index is 12.5. The van der Waals surface area contributed by atoms with Crippen LogP contribution < -0.4 is 5.32 Å². The highest BCUT2D eigenvalue weighted by Gasteiger charge is 2.38. The first-order valence-electron chi connectivity index (χ1n) is 12.5. The largest absolute Gasteiger partial charge is 0.392 e. The molecule has 0 radical (unpaired) electrons. The standard InChI is InChI=1S/C30H29N3O4S/c1-20-26(19-38-27-6-2-3-16-32-27)36-30(37-28(20)22-9-7-21(18-34)8-10-22)23-11-13-25(14-12-23)33-29(35)24-5-4-15-31-17-24/h2-17,20,26,28,30,34H,18-19H2,1H3,(H,33,35)/t20-,26+,28+,30+/m1/s1. The van der Waals surface area contributed by atoms with E-state index < -0.39 is 6.29 Å². The van der Waals surface area contributed by atoms with Gasteiger partial charge in [0.05, 0.1) is 29.4 Å². The summed E-state index contributed by atoms with van der Waals surface area (Å²) in [6.07, 6.45) is 4.09. The first kappa shape index (κ1) is 26.1. The molecular weight excluding hydrogens is 498 g/mol. The molecule has 1 amide bonds. The molecular formula is C30H29N3O4S. The van der Waals surface area contributed by atoms with Crippen LogP contribution in [0.2, 0.25) is 0 Å². The number of amides is 1. The van der Waals surface area contributed by atoms with Gasteiger partial charge in [-0.15, -0.1) is 11.8 Å². The molecule has 7 nitrogen and oxygen atoms in total. The smallest absolute Gasteiger partial charge is 0.257 e. The van der Waals surface area contributed by atoms with Crippen molar-refractivity contribution >= 4 is 23.4 Å². The van der Waals surface area contributed by atoms with Crippen LogP contribution in [0.5, 0.6) is 0 Å². The molecule has 1 saturated heterocycles. The number of hydrogen-bond donors (Lipinski definition) is 2.